The second kappa shape index (κ2) is 6.86. The monoisotopic (exact) mass is 315 g/mol. The molecule has 1 amide bonds. The van der Waals surface area contributed by atoms with Crippen LogP contribution in [0, 0.1) is 0 Å². The van der Waals surface area contributed by atoms with E-state index in [1.54, 1.807) is 18.2 Å². The number of hydrogen-bond acceptors (Lipinski definition) is 4. The number of benzene rings is 1. The van der Waals surface area contributed by atoms with E-state index in [9.17, 15) is 9.59 Å². The van der Waals surface area contributed by atoms with Crippen LogP contribution in [0.2, 0.25) is 0 Å². The zero-order valence-electron chi connectivity index (χ0n) is 13.3. The molecule has 1 aromatic carbocycles. The van der Waals surface area contributed by atoms with Gasteiger partial charge in [-0.05, 0) is 31.9 Å². The number of nitrogens with zero attached hydrogens (tertiary/aromatic N) is 1. The Balaban J connectivity index is 2.02. The maximum Gasteiger partial charge on any atom is 0.337 e. The molecule has 2 heterocycles. The third-order valence-corrected chi connectivity index (χ3v) is 4.15. The molecule has 5 heteroatoms. The summed E-state index contributed by atoms with van der Waals surface area (Å²) in [5.41, 5.74) is 0.298. The molecule has 0 saturated carbocycles. The average molecular weight is 315 g/mol. The molecule has 3 rings (SSSR count). The number of amides is 1. The van der Waals surface area contributed by atoms with E-state index in [0.717, 1.165) is 38.8 Å². The third-order valence-electron chi connectivity index (χ3n) is 4.15. The standard InChI is InChI=1S/C18H21NO4/c1-2-22-13-7-8-14-15(12-17(20)23-16(14)11-13)18(21)19-9-5-3-4-6-10-19/h7-8,11-12H,2-6,9-10H2,1H3. The summed E-state index contributed by atoms with van der Waals surface area (Å²) in [4.78, 5) is 26.5. The Morgan fingerprint density at radius 1 is 1.17 bits per heavy atom. The summed E-state index contributed by atoms with van der Waals surface area (Å²) in [6.07, 6.45) is 4.33. The predicted octanol–water partition coefficient (Wildman–Crippen LogP) is 3.21. The van der Waals surface area contributed by atoms with Crippen molar-refractivity contribution >= 4 is 16.9 Å². The van der Waals surface area contributed by atoms with E-state index in [4.69, 9.17) is 9.15 Å². The molecule has 1 aromatic heterocycles. The molecular formula is C18H21NO4. The van der Waals surface area contributed by atoms with Gasteiger partial charge in [0.25, 0.3) is 5.91 Å². The van der Waals surface area contributed by atoms with Gasteiger partial charge in [-0.2, -0.15) is 0 Å². The first kappa shape index (κ1) is 15.6. The lowest BCUT2D eigenvalue weighted by Gasteiger charge is -2.20. The summed E-state index contributed by atoms with van der Waals surface area (Å²) in [6.45, 7) is 3.91. The normalized spacial score (nSPS) is 15.4. The van der Waals surface area contributed by atoms with Gasteiger partial charge in [-0.3, -0.25) is 4.79 Å². The molecule has 1 saturated heterocycles. The summed E-state index contributed by atoms with van der Waals surface area (Å²) in [5.74, 6) is 0.538. The van der Waals surface area contributed by atoms with Gasteiger partial charge in [0.05, 0.1) is 12.2 Å². The molecule has 5 nitrogen and oxygen atoms in total. The smallest absolute Gasteiger partial charge is 0.337 e. The number of rotatable bonds is 3. The fraction of sp³-hybridized carbons (Fsp3) is 0.444. The Kier molecular flexibility index (Phi) is 4.65. The van der Waals surface area contributed by atoms with Crippen molar-refractivity contribution in [1.29, 1.82) is 0 Å². The predicted molar refractivity (Wildman–Crippen MR) is 88.0 cm³/mol. The minimum atomic E-state index is -0.510. The molecule has 0 aliphatic carbocycles. The lowest BCUT2D eigenvalue weighted by molar-refractivity contribution is 0.0763. The second-order valence-corrected chi connectivity index (χ2v) is 5.78. The summed E-state index contributed by atoms with van der Waals surface area (Å²) in [7, 11) is 0. The molecule has 0 radical (unpaired) electrons. The van der Waals surface area contributed by atoms with Gasteiger partial charge in [0.1, 0.15) is 11.3 Å². The van der Waals surface area contributed by atoms with E-state index >= 15 is 0 Å². The molecule has 23 heavy (non-hydrogen) atoms. The summed E-state index contributed by atoms with van der Waals surface area (Å²) >= 11 is 0. The molecule has 2 aromatic rings. The highest BCUT2D eigenvalue weighted by molar-refractivity contribution is 6.05. The van der Waals surface area contributed by atoms with Crippen LogP contribution in [-0.4, -0.2) is 30.5 Å². The highest BCUT2D eigenvalue weighted by Gasteiger charge is 2.21. The Hall–Kier alpha value is -2.30. The van der Waals surface area contributed by atoms with E-state index < -0.39 is 5.63 Å². The van der Waals surface area contributed by atoms with Crippen molar-refractivity contribution in [3.63, 3.8) is 0 Å². The molecule has 0 N–H and O–H groups in total. The highest BCUT2D eigenvalue weighted by atomic mass is 16.5. The van der Waals surface area contributed by atoms with Crippen molar-refractivity contribution in [2.75, 3.05) is 19.7 Å². The molecule has 1 aliphatic rings. The first-order chi connectivity index (χ1) is 11.2. The number of fused-ring (bicyclic) bond motifs is 1. The van der Waals surface area contributed by atoms with Crippen LogP contribution in [0.4, 0.5) is 0 Å². The van der Waals surface area contributed by atoms with Gasteiger partial charge in [-0.15, -0.1) is 0 Å². The molecule has 0 bridgehead atoms. The molecular weight excluding hydrogens is 294 g/mol. The summed E-state index contributed by atoms with van der Waals surface area (Å²) < 4.78 is 10.7. The van der Waals surface area contributed by atoms with Crippen molar-refractivity contribution in [3.05, 3.63) is 40.2 Å². The SMILES string of the molecule is CCOc1ccc2c(C(=O)N3CCCCCC3)cc(=O)oc2c1. The van der Waals surface area contributed by atoms with Crippen molar-refractivity contribution in [1.82, 2.24) is 4.90 Å². The van der Waals surface area contributed by atoms with E-state index in [-0.39, 0.29) is 5.91 Å². The first-order valence-electron chi connectivity index (χ1n) is 8.19. The Labute approximate surface area is 134 Å². The minimum Gasteiger partial charge on any atom is -0.494 e. The largest absolute Gasteiger partial charge is 0.494 e. The molecule has 0 atom stereocenters. The zero-order chi connectivity index (χ0) is 16.2. The topological polar surface area (TPSA) is 59.8 Å². The fourth-order valence-electron chi connectivity index (χ4n) is 3.02. The van der Waals surface area contributed by atoms with Crippen LogP contribution in [0.3, 0.4) is 0 Å². The molecule has 1 fully saturated rings. The maximum atomic E-state index is 12.8. The van der Waals surface area contributed by atoms with Gasteiger partial charge in [-0.25, -0.2) is 4.79 Å². The van der Waals surface area contributed by atoms with Crippen molar-refractivity contribution in [2.45, 2.75) is 32.6 Å². The lowest BCUT2D eigenvalue weighted by Crippen LogP contribution is -2.32. The summed E-state index contributed by atoms with van der Waals surface area (Å²) in [5, 5.41) is 0.655. The lowest BCUT2D eigenvalue weighted by atomic mass is 10.1. The Morgan fingerprint density at radius 2 is 1.91 bits per heavy atom. The molecule has 1 aliphatic heterocycles. The Bertz CT molecular complexity index is 757. The van der Waals surface area contributed by atoms with Crippen molar-refractivity contribution in [3.8, 4) is 5.75 Å². The van der Waals surface area contributed by atoms with E-state index in [2.05, 4.69) is 0 Å². The average Bonchev–Trinajstić information content (AvgIpc) is 2.82. The van der Waals surface area contributed by atoms with Crippen LogP contribution in [0.5, 0.6) is 5.75 Å². The van der Waals surface area contributed by atoms with Crippen LogP contribution in [0.25, 0.3) is 11.0 Å². The first-order valence-corrected chi connectivity index (χ1v) is 8.19. The van der Waals surface area contributed by atoms with Crippen LogP contribution in [-0.2, 0) is 0 Å². The van der Waals surface area contributed by atoms with E-state index in [1.165, 1.54) is 6.07 Å². The minimum absolute atomic E-state index is 0.0889. The number of carbonyl (C=O) groups excluding carboxylic acids is 1. The van der Waals surface area contributed by atoms with Crippen molar-refractivity contribution < 1.29 is 13.9 Å². The van der Waals surface area contributed by atoms with Crippen molar-refractivity contribution in [2.24, 2.45) is 0 Å². The van der Waals surface area contributed by atoms with Crippen LogP contribution >= 0.6 is 0 Å². The number of carbonyl (C=O) groups is 1. The van der Waals surface area contributed by atoms with Gasteiger partial charge in [0, 0.05) is 30.6 Å². The maximum absolute atomic E-state index is 12.8. The second-order valence-electron chi connectivity index (χ2n) is 5.78. The van der Waals surface area contributed by atoms with Gasteiger partial charge < -0.3 is 14.1 Å². The molecule has 122 valence electrons. The third kappa shape index (κ3) is 3.38. The number of hydrogen-bond donors (Lipinski definition) is 0. The van der Waals surface area contributed by atoms with Gasteiger partial charge >= 0.3 is 5.63 Å². The summed E-state index contributed by atoms with van der Waals surface area (Å²) in [6, 6.07) is 6.55. The highest BCUT2D eigenvalue weighted by Crippen LogP contribution is 2.24. The van der Waals surface area contributed by atoms with E-state index in [1.807, 2.05) is 11.8 Å². The fourth-order valence-corrected chi connectivity index (χ4v) is 3.02. The molecule has 0 spiro atoms. The van der Waals surface area contributed by atoms with Crippen LogP contribution < -0.4 is 10.4 Å². The number of ether oxygens (including phenoxy) is 1. The van der Waals surface area contributed by atoms with Gasteiger partial charge in [0.2, 0.25) is 0 Å². The van der Waals surface area contributed by atoms with Gasteiger partial charge in [-0.1, -0.05) is 12.8 Å². The van der Waals surface area contributed by atoms with Gasteiger partial charge in [0.15, 0.2) is 0 Å². The van der Waals surface area contributed by atoms with Crippen LogP contribution in [0.15, 0.2) is 33.5 Å². The Morgan fingerprint density at radius 3 is 2.61 bits per heavy atom. The quantitative estimate of drug-likeness (QED) is 0.816. The molecule has 0 unspecified atom stereocenters. The zero-order valence-corrected chi connectivity index (χ0v) is 13.3. The van der Waals surface area contributed by atoms with E-state index in [0.29, 0.717) is 28.9 Å². The van der Waals surface area contributed by atoms with Crippen LogP contribution in [0.1, 0.15) is 43.0 Å². The number of likely N-dealkylation sites (tertiary alicyclic amines) is 1.